The molecule has 0 saturated carbocycles. The van der Waals surface area contributed by atoms with E-state index in [0.29, 0.717) is 0 Å². The standard InChI is InChI=1S/C24H34N4O5S2/c1-17(2)15-28(16-23(29)18(3)26-27-25)35(32,33)22-13-11-21(12-14-22)34(30,31)20-9-7-19(8-10-20)24(4,5)6/h7-14,17-18,23,29H,15-16H2,1-6H3/t18-,23?/m0/s1. The van der Waals surface area contributed by atoms with Crippen LogP contribution in [0.5, 0.6) is 0 Å². The number of rotatable bonds is 10. The van der Waals surface area contributed by atoms with E-state index in [4.69, 9.17) is 5.53 Å². The third-order valence-corrected chi connectivity index (χ3v) is 9.18. The van der Waals surface area contributed by atoms with E-state index in [1.165, 1.54) is 31.2 Å². The fourth-order valence-corrected chi connectivity index (χ4v) is 6.29. The molecule has 0 aliphatic carbocycles. The summed E-state index contributed by atoms with van der Waals surface area (Å²) in [6, 6.07) is 10.9. The van der Waals surface area contributed by atoms with Gasteiger partial charge < -0.3 is 5.11 Å². The van der Waals surface area contributed by atoms with E-state index < -0.39 is 32.0 Å². The zero-order chi connectivity index (χ0) is 26.6. The second-order valence-electron chi connectivity index (χ2n) is 9.98. The summed E-state index contributed by atoms with van der Waals surface area (Å²) in [4.78, 5) is 2.67. The van der Waals surface area contributed by atoms with E-state index in [2.05, 4.69) is 10.0 Å². The molecule has 9 nitrogen and oxygen atoms in total. The number of hydrogen-bond donors (Lipinski definition) is 1. The molecule has 0 radical (unpaired) electrons. The smallest absolute Gasteiger partial charge is 0.243 e. The fraction of sp³-hybridized carbons (Fsp3) is 0.500. The van der Waals surface area contributed by atoms with Gasteiger partial charge in [-0.2, -0.15) is 4.31 Å². The summed E-state index contributed by atoms with van der Waals surface area (Å²) in [5, 5.41) is 13.8. The molecule has 0 aliphatic heterocycles. The van der Waals surface area contributed by atoms with Crippen LogP contribution in [0.2, 0.25) is 0 Å². The Hall–Kier alpha value is -2.43. The molecule has 192 valence electrons. The van der Waals surface area contributed by atoms with E-state index in [1.54, 1.807) is 24.3 Å². The highest BCUT2D eigenvalue weighted by Gasteiger charge is 2.29. The Morgan fingerprint density at radius 3 is 1.77 bits per heavy atom. The van der Waals surface area contributed by atoms with Gasteiger partial charge in [-0.05, 0) is 58.8 Å². The molecule has 0 aliphatic rings. The van der Waals surface area contributed by atoms with Crippen molar-refractivity contribution in [1.82, 2.24) is 4.31 Å². The van der Waals surface area contributed by atoms with E-state index >= 15 is 0 Å². The minimum Gasteiger partial charge on any atom is -0.391 e. The molecule has 35 heavy (non-hydrogen) atoms. The third kappa shape index (κ3) is 7.05. The third-order valence-electron chi connectivity index (χ3n) is 5.55. The first-order chi connectivity index (χ1) is 16.1. The van der Waals surface area contributed by atoms with Crippen molar-refractivity contribution in [1.29, 1.82) is 0 Å². The lowest BCUT2D eigenvalue weighted by Gasteiger charge is -2.27. The van der Waals surface area contributed by atoms with Crippen molar-refractivity contribution in [2.45, 2.75) is 73.8 Å². The summed E-state index contributed by atoms with van der Waals surface area (Å²) < 4.78 is 53.9. The Labute approximate surface area is 208 Å². The molecule has 0 saturated heterocycles. The molecule has 2 atom stereocenters. The van der Waals surface area contributed by atoms with Crippen molar-refractivity contribution in [2.75, 3.05) is 13.1 Å². The van der Waals surface area contributed by atoms with E-state index in [9.17, 15) is 21.9 Å². The molecule has 2 rings (SSSR count). The predicted octanol–water partition coefficient (Wildman–Crippen LogP) is 4.52. The minimum atomic E-state index is -4.04. The van der Waals surface area contributed by atoms with Crippen molar-refractivity contribution in [3.63, 3.8) is 0 Å². The molecule has 0 amide bonds. The minimum absolute atomic E-state index is 0.0209. The van der Waals surface area contributed by atoms with Gasteiger partial charge in [-0.1, -0.05) is 58.8 Å². The number of sulfone groups is 1. The highest BCUT2D eigenvalue weighted by Crippen LogP contribution is 2.27. The zero-order valence-corrected chi connectivity index (χ0v) is 22.6. The fourth-order valence-electron chi connectivity index (χ4n) is 3.41. The molecule has 0 heterocycles. The average molecular weight is 523 g/mol. The summed E-state index contributed by atoms with van der Waals surface area (Å²) in [7, 11) is -7.88. The van der Waals surface area contributed by atoms with Crippen LogP contribution in [0.3, 0.4) is 0 Å². The average Bonchev–Trinajstić information content (AvgIpc) is 2.78. The second-order valence-corrected chi connectivity index (χ2v) is 13.9. The van der Waals surface area contributed by atoms with Crippen molar-refractivity contribution >= 4 is 19.9 Å². The van der Waals surface area contributed by atoms with Gasteiger partial charge >= 0.3 is 0 Å². The van der Waals surface area contributed by atoms with Gasteiger partial charge in [0.1, 0.15) is 0 Å². The normalized spacial score (nSPS) is 14.5. The summed E-state index contributed by atoms with van der Waals surface area (Å²) in [6.45, 7) is 11.2. The Balaban J connectivity index is 2.36. The Morgan fingerprint density at radius 1 is 0.886 bits per heavy atom. The Bertz CT molecular complexity index is 1260. The maximum atomic E-state index is 13.3. The van der Waals surface area contributed by atoms with E-state index in [-0.39, 0.29) is 39.1 Å². The Morgan fingerprint density at radius 2 is 1.34 bits per heavy atom. The quantitative estimate of drug-likeness (QED) is 0.277. The lowest BCUT2D eigenvalue weighted by molar-refractivity contribution is 0.122. The number of nitrogens with zero attached hydrogens (tertiary/aromatic N) is 4. The first-order valence-corrected chi connectivity index (χ1v) is 14.2. The highest BCUT2D eigenvalue weighted by molar-refractivity contribution is 7.91. The molecule has 0 spiro atoms. The molecule has 2 aromatic carbocycles. The van der Waals surface area contributed by atoms with Crippen LogP contribution < -0.4 is 0 Å². The summed E-state index contributed by atoms with van der Waals surface area (Å²) in [6.07, 6.45) is -1.20. The molecule has 2 aromatic rings. The van der Waals surface area contributed by atoms with Gasteiger partial charge in [-0.25, -0.2) is 16.8 Å². The number of azide groups is 1. The van der Waals surface area contributed by atoms with Gasteiger partial charge in [0.05, 0.1) is 26.8 Å². The summed E-state index contributed by atoms with van der Waals surface area (Å²) in [5.74, 6) is -0.0394. The summed E-state index contributed by atoms with van der Waals surface area (Å²) in [5.41, 5.74) is 9.47. The van der Waals surface area contributed by atoms with Gasteiger partial charge in [-0.15, -0.1) is 0 Å². The monoisotopic (exact) mass is 522 g/mol. The first kappa shape index (κ1) is 28.8. The van der Waals surface area contributed by atoms with Crippen LogP contribution in [-0.2, 0) is 25.3 Å². The van der Waals surface area contributed by atoms with Crippen molar-refractivity contribution in [3.05, 3.63) is 64.5 Å². The van der Waals surface area contributed by atoms with E-state index in [0.717, 1.165) is 9.87 Å². The molecular weight excluding hydrogens is 488 g/mol. The molecule has 0 aromatic heterocycles. The van der Waals surface area contributed by atoms with Gasteiger partial charge in [0.15, 0.2) is 0 Å². The van der Waals surface area contributed by atoms with Crippen LogP contribution in [0.25, 0.3) is 10.4 Å². The molecule has 0 fully saturated rings. The molecule has 0 bridgehead atoms. The molecule has 1 N–H and O–H groups in total. The maximum absolute atomic E-state index is 13.3. The second kappa shape index (κ2) is 11.1. The SMILES string of the molecule is CC(C)CN(CC(O)[C@H](C)N=[N+]=[N-])S(=O)(=O)c1ccc(S(=O)(=O)c2ccc(C(C)(C)C)cc2)cc1. The van der Waals surface area contributed by atoms with Crippen LogP contribution >= 0.6 is 0 Å². The number of sulfonamides is 1. The van der Waals surface area contributed by atoms with Crippen molar-refractivity contribution in [3.8, 4) is 0 Å². The number of hydrogen-bond acceptors (Lipinski definition) is 6. The topological polar surface area (TPSA) is 141 Å². The highest BCUT2D eigenvalue weighted by atomic mass is 32.2. The van der Waals surface area contributed by atoms with Gasteiger partial charge in [0.2, 0.25) is 19.9 Å². The molecule has 11 heteroatoms. The largest absolute Gasteiger partial charge is 0.391 e. The predicted molar refractivity (Wildman–Crippen MR) is 135 cm³/mol. The van der Waals surface area contributed by atoms with Crippen LogP contribution in [0.15, 0.2) is 68.3 Å². The lowest BCUT2D eigenvalue weighted by atomic mass is 9.87. The van der Waals surface area contributed by atoms with Crippen LogP contribution in [0.1, 0.15) is 47.1 Å². The zero-order valence-electron chi connectivity index (χ0n) is 21.0. The lowest BCUT2D eigenvalue weighted by Crippen LogP contribution is -2.42. The number of benzene rings is 2. The van der Waals surface area contributed by atoms with Crippen LogP contribution in [0.4, 0.5) is 0 Å². The van der Waals surface area contributed by atoms with Crippen LogP contribution in [-0.4, -0.2) is 51.5 Å². The molecule has 1 unspecified atom stereocenters. The van der Waals surface area contributed by atoms with Gasteiger partial charge in [0, 0.05) is 18.0 Å². The number of aliphatic hydroxyl groups is 1. The number of aliphatic hydroxyl groups excluding tert-OH is 1. The first-order valence-electron chi connectivity index (χ1n) is 11.3. The van der Waals surface area contributed by atoms with Gasteiger partial charge in [-0.3, -0.25) is 0 Å². The van der Waals surface area contributed by atoms with Gasteiger partial charge in [0.25, 0.3) is 0 Å². The molecular formula is C24H34N4O5S2. The van der Waals surface area contributed by atoms with Crippen molar-refractivity contribution < 1.29 is 21.9 Å². The summed E-state index contributed by atoms with van der Waals surface area (Å²) >= 11 is 0. The van der Waals surface area contributed by atoms with Crippen LogP contribution in [0, 0.1) is 5.92 Å². The Kier molecular flexibility index (Phi) is 9.13. The maximum Gasteiger partial charge on any atom is 0.243 e. The van der Waals surface area contributed by atoms with Crippen molar-refractivity contribution in [2.24, 2.45) is 11.0 Å². The van der Waals surface area contributed by atoms with E-state index in [1.807, 2.05) is 34.6 Å².